The minimum atomic E-state index is -3.17. The minimum absolute atomic E-state index is 0.0857. The summed E-state index contributed by atoms with van der Waals surface area (Å²) in [5.74, 6) is 0.302. The maximum atomic E-state index is 13.0. The van der Waals surface area contributed by atoms with Gasteiger partial charge in [-0.05, 0) is 38.5 Å². The van der Waals surface area contributed by atoms with Crippen molar-refractivity contribution in [2.45, 2.75) is 33.6 Å². The summed E-state index contributed by atoms with van der Waals surface area (Å²) in [6, 6.07) is 12.0. The van der Waals surface area contributed by atoms with Gasteiger partial charge < -0.3 is 4.57 Å². The molecular weight excluding hydrogens is 386 g/mol. The van der Waals surface area contributed by atoms with Gasteiger partial charge in [-0.3, -0.25) is 9.69 Å². The zero-order valence-corrected chi connectivity index (χ0v) is 18.4. The third kappa shape index (κ3) is 4.97. The van der Waals surface area contributed by atoms with Gasteiger partial charge in [0.1, 0.15) is 0 Å². The number of piperazine rings is 1. The highest BCUT2D eigenvalue weighted by Gasteiger charge is 2.28. The molecule has 0 amide bonds. The predicted molar refractivity (Wildman–Crippen MR) is 116 cm³/mol. The second kappa shape index (κ2) is 9.24. The molecule has 0 N–H and O–H groups in total. The number of aromatic nitrogens is 1. The second-order valence-corrected chi connectivity index (χ2v) is 9.81. The highest BCUT2D eigenvalue weighted by molar-refractivity contribution is 7.89. The standard InChI is InChI=1S/C22H31N3O3S/c1-4-5-15-29(27,28)24-13-11-23(12-14-24)17-22(26)21-16-18(2)25(19(21)3)20-9-7-6-8-10-20/h6-10,16H,4-5,11-15,17H2,1-3H3. The second-order valence-electron chi connectivity index (χ2n) is 7.72. The van der Waals surface area contributed by atoms with Crippen LogP contribution in [0.1, 0.15) is 41.5 Å². The predicted octanol–water partition coefficient (Wildman–Crippen LogP) is 3.02. The van der Waals surface area contributed by atoms with Gasteiger partial charge in [0, 0.05) is 48.8 Å². The van der Waals surface area contributed by atoms with E-state index in [2.05, 4.69) is 9.47 Å². The van der Waals surface area contributed by atoms with E-state index < -0.39 is 10.0 Å². The first kappa shape index (κ1) is 21.7. The number of aryl methyl sites for hydroxylation is 1. The molecule has 1 saturated heterocycles. The Hall–Kier alpha value is -1.96. The molecule has 0 aliphatic carbocycles. The fourth-order valence-corrected chi connectivity index (χ4v) is 5.56. The molecule has 0 radical (unpaired) electrons. The quantitative estimate of drug-likeness (QED) is 0.620. The fourth-order valence-electron chi connectivity index (χ4n) is 3.93. The first-order chi connectivity index (χ1) is 13.8. The number of para-hydroxylation sites is 1. The molecule has 1 aliphatic rings. The first-order valence-electron chi connectivity index (χ1n) is 10.3. The number of unbranched alkanes of at least 4 members (excludes halogenated alkanes) is 1. The van der Waals surface area contributed by atoms with Crippen molar-refractivity contribution in [2.75, 3.05) is 38.5 Å². The maximum Gasteiger partial charge on any atom is 0.214 e. The molecule has 1 aliphatic heterocycles. The van der Waals surface area contributed by atoms with Crippen molar-refractivity contribution >= 4 is 15.8 Å². The largest absolute Gasteiger partial charge is 0.318 e. The normalized spacial score (nSPS) is 16.2. The Labute approximate surface area is 174 Å². The molecule has 1 aromatic heterocycles. The van der Waals surface area contributed by atoms with Crippen molar-refractivity contribution in [3.8, 4) is 5.69 Å². The number of Topliss-reactive ketones (excluding diaryl/α,β-unsaturated/α-hetero) is 1. The minimum Gasteiger partial charge on any atom is -0.318 e. The summed E-state index contributed by atoms with van der Waals surface area (Å²) < 4.78 is 28.4. The summed E-state index contributed by atoms with van der Waals surface area (Å²) in [5, 5.41) is 0. The van der Waals surface area contributed by atoms with Crippen molar-refractivity contribution < 1.29 is 13.2 Å². The molecule has 29 heavy (non-hydrogen) atoms. The number of ketones is 1. The molecule has 158 valence electrons. The Morgan fingerprint density at radius 2 is 1.69 bits per heavy atom. The molecule has 0 bridgehead atoms. The van der Waals surface area contributed by atoms with Gasteiger partial charge in [0.2, 0.25) is 10.0 Å². The van der Waals surface area contributed by atoms with E-state index in [1.807, 2.05) is 57.2 Å². The highest BCUT2D eigenvalue weighted by Crippen LogP contribution is 2.21. The van der Waals surface area contributed by atoms with Gasteiger partial charge in [0.05, 0.1) is 12.3 Å². The lowest BCUT2D eigenvalue weighted by atomic mass is 10.1. The van der Waals surface area contributed by atoms with Crippen LogP contribution in [0.4, 0.5) is 0 Å². The van der Waals surface area contributed by atoms with Gasteiger partial charge in [0.25, 0.3) is 0 Å². The summed E-state index contributed by atoms with van der Waals surface area (Å²) in [6.07, 6.45) is 1.56. The molecular formula is C22H31N3O3S. The van der Waals surface area contributed by atoms with Crippen LogP contribution in [0.2, 0.25) is 0 Å². The van der Waals surface area contributed by atoms with Crippen molar-refractivity contribution in [3.63, 3.8) is 0 Å². The molecule has 0 spiro atoms. The van der Waals surface area contributed by atoms with Crippen LogP contribution in [-0.2, 0) is 10.0 Å². The lowest BCUT2D eigenvalue weighted by Gasteiger charge is -2.33. The van der Waals surface area contributed by atoms with Gasteiger partial charge in [-0.25, -0.2) is 8.42 Å². The summed E-state index contributed by atoms with van der Waals surface area (Å²) >= 11 is 0. The van der Waals surface area contributed by atoms with Crippen LogP contribution in [-0.4, -0.2) is 66.4 Å². The van der Waals surface area contributed by atoms with Gasteiger partial charge in [-0.2, -0.15) is 4.31 Å². The first-order valence-corrected chi connectivity index (χ1v) is 11.9. The van der Waals surface area contributed by atoms with Crippen LogP contribution in [0.25, 0.3) is 5.69 Å². The Morgan fingerprint density at radius 1 is 1.03 bits per heavy atom. The number of rotatable bonds is 8. The van der Waals surface area contributed by atoms with E-state index in [4.69, 9.17) is 0 Å². The Balaban J connectivity index is 1.64. The van der Waals surface area contributed by atoms with Crippen LogP contribution < -0.4 is 0 Å². The van der Waals surface area contributed by atoms with E-state index in [0.29, 0.717) is 39.1 Å². The van der Waals surface area contributed by atoms with E-state index in [1.54, 1.807) is 4.31 Å². The monoisotopic (exact) mass is 417 g/mol. The molecule has 7 heteroatoms. The Kier molecular flexibility index (Phi) is 6.93. The summed E-state index contributed by atoms with van der Waals surface area (Å²) in [5.41, 5.74) is 3.76. The number of carbonyl (C=O) groups is 1. The fraction of sp³-hybridized carbons (Fsp3) is 0.500. The molecule has 1 aromatic carbocycles. The van der Waals surface area contributed by atoms with E-state index in [-0.39, 0.29) is 11.5 Å². The van der Waals surface area contributed by atoms with Crippen LogP contribution in [0.15, 0.2) is 36.4 Å². The molecule has 0 unspecified atom stereocenters. The summed E-state index contributed by atoms with van der Waals surface area (Å²) in [7, 11) is -3.17. The van der Waals surface area contributed by atoms with E-state index in [1.165, 1.54) is 0 Å². The SMILES string of the molecule is CCCCS(=O)(=O)N1CCN(CC(=O)c2cc(C)n(-c3ccccc3)c2C)CC1. The lowest BCUT2D eigenvalue weighted by Crippen LogP contribution is -2.50. The third-order valence-electron chi connectivity index (χ3n) is 5.59. The van der Waals surface area contributed by atoms with Gasteiger partial charge in [0.15, 0.2) is 5.78 Å². The summed E-state index contributed by atoms with van der Waals surface area (Å²) in [6.45, 7) is 8.41. The lowest BCUT2D eigenvalue weighted by molar-refractivity contribution is 0.0901. The number of hydrogen-bond acceptors (Lipinski definition) is 4. The van der Waals surface area contributed by atoms with Gasteiger partial charge >= 0.3 is 0 Å². The molecule has 2 aromatic rings. The van der Waals surface area contributed by atoms with E-state index in [0.717, 1.165) is 29.1 Å². The van der Waals surface area contributed by atoms with Gasteiger partial charge in [-0.15, -0.1) is 0 Å². The summed E-state index contributed by atoms with van der Waals surface area (Å²) in [4.78, 5) is 15.0. The third-order valence-corrected chi connectivity index (χ3v) is 7.55. The number of carbonyl (C=O) groups excluding carboxylic acids is 1. The number of benzene rings is 1. The van der Waals surface area contributed by atoms with Crippen LogP contribution in [0.5, 0.6) is 0 Å². The van der Waals surface area contributed by atoms with Crippen molar-refractivity contribution in [1.82, 2.24) is 13.8 Å². The Bertz CT molecular complexity index is 943. The Morgan fingerprint density at radius 3 is 2.31 bits per heavy atom. The molecule has 6 nitrogen and oxygen atoms in total. The van der Waals surface area contributed by atoms with Crippen LogP contribution in [0, 0.1) is 13.8 Å². The maximum absolute atomic E-state index is 13.0. The number of nitrogens with zero attached hydrogens (tertiary/aromatic N) is 3. The van der Waals surface area contributed by atoms with Gasteiger partial charge in [-0.1, -0.05) is 31.5 Å². The van der Waals surface area contributed by atoms with Crippen molar-refractivity contribution in [2.24, 2.45) is 0 Å². The number of sulfonamides is 1. The molecule has 1 fully saturated rings. The van der Waals surface area contributed by atoms with Crippen molar-refractivity contribution in [1.29, 1.82) is 0 Å². The molecule has 2 heterocycles. The average molecular weight is 418 g/mol. The van der Waals surface area contributed by atoms with E-state index in [9.17, 15) is 13.2 Å². The van der Waals surface area contributed by atoms with Crippen LogP contribution >= 0.6 is 0 Å². The number of hydrogen-bond donors (Lipinski definition) is 0. The zero-order valence-electron chi connectivity index (χ0n) is 17.6. The molecule has 0 saturated carbocycles. The molecule has 3 rings (SSSR count). The smallest absolute Gasteiger partial charge is 0.214 e. The molecule has 0 atom stereocenters. The van der Waals surface area contributed by atoms with Crippen LogP contribution in [0.3, 0.4) is 0 Å². The topological polar surface area (TPSA) is 62.6 Å². The van der Waals surface area contributed by atoms with E-state index >= 15 is 0 Å². The average Bonchev–Trinajstić information content (AvgIpc) is 3.01. The van der Waals surface area contributed by atoms with Crippen molar-refractivity contribution in [3.05, 3.63) is 53.3 Å². The zero-order chi connectivity index (χ0) is 21.0. The highest BCUT2D eigenvalue weighted by atomic mass is 32.2.